The Morgan fingerprint density at radius 2 is 1.85 bits per heavy atom. The minimum Gasteiger partial charge on any atom is -0.211 e. The number of alkyl halides is 4. The summed E-state index contributed by atoms with van der Waals surface area (Å²) in [5.74, 6) is 0.220. The highest BCUT2D eigenvalue weighted by atomic mass is 35.5. The van der Waals surface area contributed by atoms with Crippen molar-refractivity contribution in [3.05, 3.63) is 29.8 Å². The van der Waals surface area contributed by atoms with Gasteiger partial charge in [-0.3, -0.25) is 0 Å². The van der Waals surface area contributed by atoms with Crippen LogP contribution in [-0.2, 0) is 16.2 Å². The summed E-state index contributed by atoms with van der Waals surface area (Å²) in [4.78, 5) is -0.419. The van der Waals surface area contributed by atoms with E-state index in [0.29, 0.717) is 6.07 Å². The first-order chi connectivity index (χ1) is 8.98. The van der Waals surface area contributed by atoms with Gasteiger partial charge in [-0.05, 0) is 23.6 Å². The monoisotopic (exact) mass is 329 g/mol. The lowest BCUT2D eigenvalue weighted by molar-refractivity contribution is -0.137. The second-order valence-electron chi connectivity index (χ2n) is 5.15. The van der Waals surface area contributed by atoms with Gasteiger partial charge in [0.2, 0.25) is 10.0 Å². The van der Waals surface area contributed by atoms with E-state index in [1.165, 1.54) is 0 Å². The molecule has 1 rings (SSSR count). The standard InChI is InChI=1S/C12H15ClF3NO2S/c1-11(2,7-13)8-17-20(18,19)10-5-3-4-9(6-10)12(14,15)16/h3-6,17H,7-8H2,1-2H3. The summed E-state index contributed by atoms with van der Waals surface area (Å²) in [5.41, 5.74) is -1.49. The van der Waals surface area contributed by atoms with Gasteiger partial charge in [-0.2, -0.15) is 13.2 Å². The van der Waals surface area contributed by atoms with E-state index in [1.807, 2.05) is 0 Å². The molecule has 3 nitrogen and oxygen atoms in total. The highest BCUT2D eigenvalue weighted by molar-refractivity contribution is 7.89. The number of sulfonamides is 1. The van der Waals surface area contributed by atoms with Crippen molar-refractivity contribution >= 4 is 21.6 Å². The van der Waals surface area contributed by atoms with Crippen LogP contribution in [0.2, 0.25) is 0 Å². The molecule has 0 atom stereocenters. The van der Waals surface area contributed by atoms with Crippen LogP contribution >= 0.6 is 11.6 Å². The Labute approximate surface area is 121 Å². The van der Waals surface area contributed by atoms with E-state index in [2.05, 4.69) is 4.72 Å². The van der Waals surface area contributed by atoms with E-state index in [-0.39, 0.29) is 12.4 Å². The van der Waals surface area contributed by atoms with Gasteiger partial charge in [0, 0.05) is 12.4 Å². The molecular weight excluding hydrogens is 315 g/mol. The first-order valence-electron chi connectivity index (χ1n) is 5.71. The molecule has 0 bridgehead atoms. The van der Waals surface area contributed by atoms with Crippen molar-refractivity contribution in [3.8, 4) is 0 Å². The van der Waals surface area contributed by atoms with E-state index in [1.54, 1.807) is 13.8 Å². The third kappa shape index (κ3) is 4.64. The molecule has 0 unspecified atom stereocenters. The van der Waals surface area contributed by atoms with E-state index < -0.39 is 32.1 Å². The van der Waals surface area contributed by atoms with Gasteiger partial charge in [-0.25, -0.2) is 13.1 Å². The van der Waals surface area contributed by atoms with Crippen LogP contribution in [0.15, 0.2) is 29.2 Å². The van der Waals surface area contributed by atoms with Crippen molar-refractivity contribution in [3.63, 3.8) is 0 Å². The first-order valence-corrected chi connectivity index (χ1v) is 7.73. The van der Waals surface area contributed by atoms with Gasteiger partial charge in [-0.15, -0.1) is 11.6 Å². The fourth-order valence-corrected chi connectivity index (χ4v) is 2.64. The summed E-state index contributed by atoms with van der Waals surface area (Å²) in [6, 6.07) is 3.60. The maximum absolute atomic E-state index is 12.6. The molecule has 0 aromatic heterocycles. The van der Waals surface area contributed by atoms with Crippen molar-refractivity contribution in [1.82, 2.24) is 4.72 Å². The van der Waals surface area contributed by atoms with E-state index in [9.17, 15) is 21.6 Å². The number of benzene rings is 1. The smallest absolute Gasteiger partial charge is 0.211 e. The molecule has 1 N–H and O–H groups in total. The average molecular weight is 330 g/mol. The maximum atomic E-state index is 12.6. The minimum absolute atomic E-state index is 0.0368. The summed E-state index contributed by atoms with van der Waals surface area (Å²) < 4.78 is 63.8. The SMILES string of the molecule is CC(C)(CCl)CNS(=O)(=O)c1cccc(C(F)(F)F)c1. The van der Waals surface area contributed by atoms with Crippen LogP contribution in [0.4, 0.5) is 13.2 Å². The number of rotatable bonds is 5. The van der Waals surface area contributed by atoms with Crippen LogP contribution in [0.25, 0.3) is 0 Å². The summed E-state index contributed by atoms with van der Waals surface area (Å²) in [6.07, 6.45) is -4.58. The number of hydrogen-bond acceptors (Lipinski definition) is 2. The molecule has 0 heterocycles. The summed E-state index contributed by atoms with van der Waals surface area (Å²) in [7, 11) is -3.99. The zero-order valence-corrected chi connectivity index (χ0v) is 12.5. The number of halogens is 4. The van der Waals surface area contributed by atoms with E-state index in [0.717, 1.165) is 18.2 Å². The molecule has 0 aliphatic heterocycles. The highest BCUT2D eigenvalue weighted by Crippen LogP contribution is 2.30. The zero-order valence-electron chi connectivity index (χ0n) is 11.0. The molecule has 0 fully saturated rings. The Balaban J connectivity index is 2.99. The Morgan fingerprint density at radius 3 is 2.35 bits per heavy atom. The Hall–Kier alpha value is -0.790. The Kier molecular flexibility index (Phi) is 5.10. The lowest BCUT2D eigenvalue weighted by atomic mass is 9.97. The predicted molar refractivity (Wildman–Crippen MR) is 71.1 cm³/mol. The van der Waals surface area contributed by atoms with Gasteiger partial charge in [0.1, 0.15) is 0 Å². The lowest BCUT2D eigenvalue weighted by Crippen LogP contribution is -2.35. The van der Waals surface area contributed by atoms with Crippen molar-refractivity contribution in [1.29, 1.82) is 0 Å². The summed E-state index contributed by atoms with van der Waals surface area (Å²) in [5, 5.41) is 0. The van der Waals surface area contributed by atoms with Crippen molar-refractivity contribution in [2.45, 2.75) is 24.9 Å². The third-order valence-corrected chi connectivity index (χ3v) is 4.70. The molecule has 0 spiro atoms. The van der Waals surface area contributed by atoms with Crippen LogP contribution in [-0.4, -0.2) is 20.8 Å². The van der Waals surface area contributed by atoms with Crippen LogP contribution in [0.5, 0.6) is 0 Å². The van der Waals surface area contributed by atoms with Crippen LogP contribution in [0, 0.1) is 5.41 Å². The second kappa shape index (κ2) is 5.91. The van der Waals surface area contributed by atoms with Crippen molar-refractivity contribution in [2.75, 3.05) is 12.4 Å². The molecular formula is C12H15ClF3NO2S. The molecule has 20 heavy (non-hydrogen) atoms. The molecule has 114 valence electrons. The zero-order chi connectivity index (χ0) is 15.6. The molecule has 0 saturated heterocycles. The maximum Gasteiger partial charge on any atom is 0.416 e. The minimum atomic E-state index is -4.58. The number of hydrogen-bond donors (Lipinski definition) is 1. The normalized spacial score (nSPS) is 13.5. The molecule has 1 aromatic rings. The Morgan fingerprint density at radius 1 is 1.25 bits per heavy atom. The highest BCUT2D eigenvalue weighted by Gasteiger charge is 2.32. The molecule has 0 saturated carbocycles. The molecule has 1 aromatic carbocycles. The van der Waals surface area contributed by atoms with E-state index >= 15 is 0 Å². The van der Waals surface area contributed by atoms with Gasteiger partial charge in [0.05, 0.1) is 10.5 Å². The molecule has 0 amide bonds. The van der Waals surface area contributed by atoms with Crippen LogP contribution in [0.3, 0.4) is 0 Å². The fourth-order valence-electron chi connectivity index (χ4n) is 1.26. The largest absolute Gasteiger partial charge is 0.416 e. The van der Waals surface area contributed by atoms with Gasteiger partial charge in [0.15, 0.2) is 0 Å². The average Bonchev–Trinajstić information content (AvgIpc) is 2.36. The fraction of sp³-hybridized carbons (Fsp3) is 0.500. The number of nitrogens with one attached hydrogen (secondary N) is 1. The van der Waals surface area contributed by atoms with Crippen molar-refractivity contribution in [2.24, 2.45) is 5.41 Å². The van der Waals surface area contributed by atoms with Crippen molar-refractivity contribution < 1.29 is 21.6 Å². The predicted octanol–water partition coefficient (Wildman–Crippen LogP) is 3.25. The lowest BCUT2D eigenvalue weighted by Gasteiger charge is -2.21. The van der Waals surface area contributed by atoms with Gasteiger partial charge in [-0.1, -0.05) is 19.9 Å². The molecule has 0 radical (unpaired) electrons. The summed E-state index contributed by atoms with van der Waals surface area (Å²) in [6.45, 7) is 3.53. The summed E-state index contributed by atoms with van der Waals surface area (Å²) >= 11 is 5.67. The van der Waals surface area contributed by atoms with E-state index in [4.69, 9.17) is 11.6 Å². The molecule has 0 aliphatic carbocycles. The van der Waals surface area contributed by atoms with Crippen LogP contribution in [0.1, 0.15) is 19.4 Å². The quantitative estimate of drug-likeness (QED) is 0.843. The first kappa shape index (κ1) is 17.3. The topological polar surface area (TPSA) is 46.2 Å². The molecule has 0 aliphatic rings. The van der Waals surface area contributed by atoms with Gasteiger partial charge >= 0.3 is 6.18 Å². The second-order valence-corrected chi connectivity index (χ2v) is 7.18. The Bertz CT molecular complexity index is 570. The molecule has 8 heteroatoms. The van der Waals surface area contributed by atoms with Gasteiger partial charge < -0.3 is 0 Å². The third-order valence-electron chi connectivity index (χ3n) is 2.57. The van der Waals surface area contributed by atoms with Gasteiger partial charge in [0.25, 0.3) is 0 Å². The van der Waals surface area contributed by atoms with Crippen LogP contribution < -0.4 is 4.72 Å².